The van der Waals surface area contributed by atoms with Gasteiger partial charge in [-0.25, -0.2) is 0 Å². The fraction of sp³-hybridized carbons (Fsp3) is 0.900. The first-order valence-electron chi connectivity index (χ1n) is 5.19. The number of carbonyl (C=O) groups is 1. The van der Waals surface area contributed by atoms with Crippen LogP contribution >= 0.6 is 7.60 Å². The Morgan fingerprint density at radius 2 is 1.87 bits per heavy atom. The molecular formula is C10H21O4P. The molecular weight excluding hydrogens is 215 g/mol. The summed E-state index contributed by atoms with van der Waals surface area (Å²) in [6, 6.07) is 0. The Morgan fingerprint density at radius 3 is 2.27 bits per heavy atom. The minimum Gasteiger partial charge on any atom is -0.312 e. The van der Waals surface area contributed by atoms with Gasteiger partial charge in [-0.15, -0.1) is 0 Å². The SMILES string of the molecule is CCC(C)CCC(=O)CP(=O)(OC)OC. The molecule has 0 spiro atoms. The minimum absolute atomic E-state index is 0.0534. The van der Waals surface area contributed by atoms with E-state index >= 15 is 0 Å². The standard InChI is InChI=1S/C10H21O4P/c1-5-9(2)6-7-10(11)8-15(12,13-3)14-4/h9H,5-8H2,1-4H3. The van der Waals surface area contributed by atoms with E-state index in [9.17, 15) is 9.36 Å². The van der Waals surface area contributed by atoms with E-state index in [4.69, 9.17) is 9.05 Å². The highest BCUT2D eigenvalue weighted by Gasteiger charge is 2.25. The van der Waals surface area contributed by atoms with Gasteiger partial charge < -0.3 is 9.05 Å². The third-order valence-electron chi connectivity index (χ3n) is 2.54. The minimum atomic E-state index is -3.16. The van der Waals surface area contributed by atoms with E-state index in [2.05, 4.69) is 13.8 Å². The van der Waals surface area contributed by atoms with Gasteiger partial charge in [0.15, 0.2) is 0 Å². The zero-order valence-corrected chi connectivity index (χ0v) is 10.9. The van der Waals surface area contributed by atoms with Gasteiger partial charge in [-0.1, -0.05) is 20.3 Å². The maximum atomic E-state index is 11.6. The molecule has 0 aromatic rings. The van der Waals surface area contributed by atoms with Crippen LogP contribution in [0.2, 0.25) is 0 Å². The molecule has 0 aliphatic heterocycles. The second kappa shape index (κ2) is 7.15. The number of rotatable bonds is 8. The average molecular weight is 236 g/mol. The molecule has 0 saturated heterocycles. The van der Waals surface area contributed by atoms with Gasteiger partial charge in [0.2, 0.25) is 0 Å². The van der Waals surface area contributed by atoms with Crippen molar-refractivity contribution in [3.63, 3.8) is 0 Å². The van der Waals surface area contributed by atoms with Gasteiger partial charge >= 0.3 is 7.60 Å². The fourth-order valence-corrected chi connectivity index (χ4v) is 2.11. The summed E-state index contributed by atoms with van der Waals surface area (Å²) in [6.07, 6.45) is 2.23. The van der Waals surface area contributed by atoms with Gasteiger partial charge in [0, 0.05) is 20.6 Å². The summed E-state index contributed by atoms with van der Waals surface area (Å²) in [5, 5.41) is 0. The number of Topliss-reactive ketones (excluding diaryl/α,β-unsaturated/α-hetero) is 1. The highest BCUT2D eigenvalue weighted by molar-refractivity contribution is 7.54. The summed E-state index contributed by atoms with van der Waals surface area (Å²) in [5.41, 5.74) is 0. The normalized spacial score (nSPS) is 13.9. The molecule has 0 radical (unpaired) electrons. The highest BCUT2D eigenvalue weighted by Crippen LogP contribution is 2.46. The van der Waals surface area contributed by atoms with Crippen LogP contribution in [0.25, 0.3) is 0 Å². The zero-order chi connectivity index (χ0) is 11.9. The van der Waals surface area contributed by atoms with Crippen molar-refractivity contribution >= 4 is 13.4 Å². The Hall–Kier alpha value is -0.180. The van der Waals surface area contributed by atoms with E-state index in [1.165, 1.54) is 14.2 Å². The van der Waals surface area contributed by atoms with Gasteiger partial charge in [-0.3, -0.25) is 9.36 Å². The van der Waals surface area contributed by atoms with Crippen molar-refractivity contribution < 1.29 is 18.4 Å². The first-order valence-corrected chi connectivity index (χ1v) is 6.92. The molecule has 0 saturated carbocycles. The molecule has 0 aliphatic rings. The summed E-state index contributed by atoms with van der Waals surface area (Å²) in [6.45, 7) is 4.18. The van der Waals surface area contributed by atoms with Crippen LogP contribution in [-0.2, 0) is 18.4 Å². The van der Waals surface area contributed by atoms with Crippen molar-refractivity contribution in [2.75, 3.05) is 20.4 Å². The molecule has 0 N–H and O–H groups in total. The van der Waals surface area contributed by atoms with Crippen LogP contribution in [0.4, 0.5) is 0 Å². The molecule has 1 unspecified atom stereocenters. The molecule has 0 aliphatic carbocycles. The van der Waals surface area contributed by atoms with Crippen molar-refractivity contribution in [3.8, 4) is 0 Å². The maximum absolute atomic E-state index is 11.6. The molecule has 0 rings (SSSR count). The van der Waals surface area contributed by atoms with Gasteiger partial charge in [-0.05, 0) is 12.3 Å². The van der Waals surface area contributed by atoms with Crippen molar-refractivity contribution in [2.45, 2.75) is 33.1 Å². The van der Waals surface area contributed by atoms with Crippen LogP contribution in [-0.4, -0.2) is 26.2 Å². The quantitative estimate of drug-likeness (QED) is 0.608. The summed E-state index contributed by atoms with van der Waals surface area (Å²) in [4.78, 5) is 11.5. The molecule has 0 heterocycles. The molecule has 0 aromatic carbocycles. The average Bonchev–Trinajstić information content (AvgIpc) is 2.25. The molecule has 15 heavy (non-hydrogen) atoms. The lowest BCUT2D eigenvalue weighted by molar-refractivity contribution is -0.117. The van der Waals surface area contributed by atoms with Crippen molar-refractivity contribution in [1.29, 1.82) is 0 Å². The lowest BCUT2D eigenvalue weighted by Crippen LogP contribution is -2.09. The van der Waals surface area contributed by atoms with Crippen LogP contribution in [0, 0.1) is 5.92 Å². The molecule has 4 nitrogen and oxygen atoms in total. The molecule has 0 fully saturated rings. The van der Waals surface area contributed by atoms with Crippen LogP contribution < -0.4 is 0 Å². The smallest absolute Gasteiger partial charge is 0.312 e. The summed E-state index contributed by atoms with van der Waals surface area (Å²) < 4.78 is 21.0. The van der Waals surface area contributed by atoms with E-state index in [0.717, 1.165) is 12.8 Å². The molecule has 0 aromatic heterocycles. The summed E-state index contributed by atoms with van der Waals surface area (Å²) in [7, 11) is -0.560. The molecule has 0 bridgehead atoms. The summed E-state index contributed by atoms with van der Waals surface area (Å²) in [5.74, 6) is 0.473. The first kappa shape index (κ1) is 14.8. The topological polar surface area (TPSA) is 52.6 Å². The van der Waals surface area contributed by atoms with Gasteiger partial charge in [-0.2, -0.15) is 0 Å². The van der Waals surface area contributed by atoms with E-state index in [1.807, 2.05) is 0 Å². The first-order chi connectivity index (χ1) is 6.97. The molecule has 0 amide bonds. The predicted molar refractivity (Wildman–Crippen MR) is 60.2 cm³/mol. The van der Waals surface area contributed by atoms with Crippen LogP contribution in [0.15, 0.2) is 0 Å². The van der Waals surface area contributed by atoms with Crippen molar-refractivity contribution in [2.24, 2.45) is 5.92 Å². The third kappa shape index (κ3) is 6.08. The van der Waals surface area contributed by atoms with Crippen molar-refractivity contribution in [1.82, 2.24) is 0 Å². The monoisotopic (exact) mass is 236 g/mol. The third-order valence-corrected chi connectivity index (χ3v) is 4.39. The Kier molecular flexibility index (Phi) is 7.07. The maximum Gasteiger partial charge on any atom is 0.337 e. The van der Waals surface area contributed by atoms with E-state index in [1.54, 1.807) is 0 Å². The number of hydrogen-bond acceptors (Lipinski definition) is 4. The Labute approximate surface area is 91.9 Å². The number of hydrogen-bond donors (Lipinski definition) is 0. The summed E-state index contributed by atoms with van der Waals surface area (Å²) >= 11 is 0. The highest BCUT2D eigenvalue weighted by atomic mass is 31.2. The second-order valence-electron chi connectivity index (χ2n) is 3.72. The number of ketones is 1. The lowest BCUT2D eigenvalue weighted by atomic mass is 10.0. The van der Waals surface area contributed by atoms with Gasteiger partial charge in [0.05, 0.1) is 0 Å². The van der Waals surface area contributed by atoms with E-state index < -0.39 is 7.60 Å². The Bertz CT molecular complexity index is 232. The van der Waals surface area contributed by atoms with Crippen LogP contribution in [0.5, 0.6) is 0 Å². The predicted octanol–water partition coefficient (Wildman–Crippen LogP) is 2.87. The molecule has 1 atom stereocenters. The van der Waals surface area contributed by atoms with Gasteiger partial charge in [0.25, 0.3) is 0 Å². The Balaban J connectivity index is 3.98. The van der Waals surface area contributed by atoms with Crippen LogP contribution in [0.1, 0.15) is 33.1 Å². The Morgan fingerprint density at radius 1 is 1.33 bits per heavy atom. The van der Waals surface area contributed by atoms with Gasteiger partial charge in [0.1, 0.15) is 11.9 Å². The fourth-order valence-electron chi connectivity index (χ4n) is 1.11. The van der Waals surface area contributed by atoms with Crippen LogP contribution in [0.3, 0.4) is 0 Å². The zero-order valence-electron chi connectivity index (χ0n) is 9.99. The number of carbonyl (C=O) groups excluding carboxylic acids is 1. The van der Waals surface area contributed by atoms with Crippen molar-refractivity contribution in [3.05, 3.63) is 0 Å². The van der Waals surface area contributed by atoms with E-state index in [-0.39, 0.29) is 11.9 Å². The van der Waals surface area contributed by atoms with E-state index in [0.29, 0.717) is 12.3 Å². The lowest BCUT2D eigenvalue weighted by Gasteiger charge is -2.13. The molecule has 5 heteroatoms. The second-order valence-corrected chi connectivity index (χ2v) is 5.99. The largest absolute Gasteiger partial charge is 0.337 e. The molecule has 90 valence electrons.